The number of rotatable bonds is 8. The fraction of sp³-hybridized carbons (Fsp3) is 0.240. The van der Waals surface area contributed by atoms with Gasteiger partial charge in [0.05, 0.1) is 12.8 Å². The van der Waals surface area contributed by atoms with Crippen LogP contribution in [-0.2, 0) is 9.59 Å². The quantitative estimate of drug-likeness (QED) is 0.411. The minimum absolute atomic E-state index is 0.0536. The number of amides is 2. The van der Waals surface area contributed by atoms with E-state index in [0.29, 0.717) is 6.61 Å². The zero-order valence-electron chi connectivity index (χ0n) is 18.1. The summed E-state index contributed by atoms with van der Waals surface area (Å²) in [5.74, 6) is 0.294. The summed E-state index contributed by atoms with van der Waals surface area (Å²) in [4.78, 5) is 24.3. The largest absolute Gasteiger partial charge is 0.493 e. The van der Waals surface area contributed by atoms with Gasteiger partial charge in [0, 0.05) is 29.5 Å². The highest BCUT2D eigenvalue weighted by Gasteiger charge is 2.09. The summed E-state index contributed by atoms with van der Waals surface area (Å²) in [6, 6.07) is 17.5. The molecule has 0 bridgehead atoms. The van der Waals surface area contributed by atoms with Crippen molar-refractivity contribution in [2.45, 2.75) is 33.6 Å². The normalized spacial score (nSPS) is 10.9. The molecule has 2 amide bonds. The number of carbonyl (C=O) groups is 2. The van der Waals surface area contributed by atoms with Crippen LogP contribution in [0, 0.1) is 13.8 Å². The highest BCUT2D eigenvalue weighted by atomic mass is 16.5. The molecule has 0 saturated carbocycles. The molecular weight excluding hydrogens is 390 g/mol. The van der Waals surface area contributed by atoms with Crippen LogP contribution in [0.1, 0.15) is 36.5 Å². The average molecular weight is 418 g/mol. The number of ether oxygens (including phenoxy) is 1. The van der Waals surface area contributed by atoms with Crippen molar-refractivity contribution in [3.63, 3.8) is 0 Å². The molecule has 3 aromatic rings. The summed E-state index contributed by atoms with van der Waals surface area (Å²) in [5.41, 5.74) is 6.18. The van der Waals surface area contributed by atoms with Crippen molar-refractivity contribution in [1.82, 2.24) is 5.43 Å². The monoisotopic (exact) mass is 417 g/mol. The van der Waals surface area contributed by atoms with E-state index in [0.717, 1.165) is 38.9 Å². The van der Waals surface area contributed by atoms with Gasteiger partial charge in [0.1, 0.15) is 5.75 Å². The van der Waals surface area contributed by atoms with Gasteiger partial charge in [0.25, 0.3) is 0 Å². The van der Waals surface area contributed by atoms with Crippen molar-refractivity contribution >= 4 is 34.5 Å². The van der Waals surface area contributed by atoms with E-state index in [2.05, 4.69) is 15.8 Å². The first-order chi connectivity index (χ1) is 15.0. The molecule has 6 heteroatoms. The molecule has 0 aliphatic heterocycles. The summed E-state index contributed by atoms with van der Waals surface area (Å²) < 4.78 is 5.68. The van der Waals surface area contributed by atoms with Gasteiger partial charge in [-0.15, -0.1) is 0 Å². The first-order valence-electron chi connectivity index (χ1n) is 10.3. The molecule has 0 aromatic heterocycles. The molecule has 31 heavy (non-hydrogen) atoms. The van der Waals surface area contributed by atoms with Gasteiger partial charge in [0.15, 0.2) is 0 Å². The van der Waals surface area contributed by atoms with E-state index in [1.807, 2.05) is 75.4 Å². The van der Waals surface area contributed by atoms with Crippen LogP contribution in [0.3, 0.4) is 0 Å². The smallest absolute Gasteiger partial charge is 0.240 e. The Morgan fingerprint density at radius 2 is 1.71 bits per heavy atom. The molecule has 0 aliphatic rings. The fourth-order valence-corrected chi connectivity index (χ4v) is 3.23. The Morgan fingerprint density at radius 1 is 0.968 bits per heavy atom. The van der Waals surface area contributed by atoms with Crippen molar-refractivity contribution in [2.24, 2.45) is 5.10 Å². The van der Waals surface area contributed by atoms with Crippen molar-refractivity contribution in [1.29, 1.82) is 0 Å². The third-order valence-corrected chi connectivity index (χ3v) is 4.86. The molecule has 3 rings (SSSR count). The Morgan fingerprint density at radius 3 is 2.48 bits per heavy atom. The Balaban J connectivity index is 1.55. The number of hydrazone groups is 1. The number of carbonyl (C=O) groups excluding carboxylic acids is 2. The van der Waals surface area contributed by atoms with E-state index in [-0.39, 0.29) is 24.7 Å². The molecule has 3 aromatic carbocycles. The Labute approximate surface area is 182 Å². The van der Waals surface area contributed by atoms with Crippen LogP contribution in [0.2, 0.25) is 0 Å². The molecule has 0 aliphatic carbocycles. The second kappa shape index (κ2) is 10.4. The molecule has 0 saturated heterocycles. The van der Waals surface area contributed by atoms with Crippen molar-refractivity contribution in [2.75, 3.05) is 11.9 Å². The van der Waals surface area contributed by atoms with Crippen LogP contribution in [0.5, 0.6) is 5.75 Å². The summed E-state index contributed by atoms with van der Waals surface area (Å²) in [6.07, 6.45) is 1.74. The standard InChI is InChI=1S/C25H27N3O3/c1-4-31-23-12-11-19(20-7-5-6-8-21(20)23)16-26-28-25(30)14-13-24(29)27-22-15-17(2)9-10-18(22)3/h5-12,15-16H,4,13-14H2,1-3H3,(H,27,29)(H,28,30). The number of hydrogen-bond donors (Lipinski definition) is 2. The maximum atomic E-state index is 12.2. The van der Waals surface area contributed by atoms with E-state index in [1.165, 1.54) is 0 Å². The molecule has 0 fully saturated rings. The highest BCUT2D eigenvalue weighted by Crippen LogP contribution is 2.27. The van der Waals surface area contributed by atoms with Gasteiger partial charge >= 0.3 is 0 Å². The fourth-order valence-electron chi connectivity index (χ4n) is 3.23. The molecule has 0 spiro atoms. The van der Waals surface area contributed by atoms with Crippen molar-refractivity contribution < 1.29 is 14.3 Å². The van der Waals surface area contributed by atoms with E-state index >= 15 is 0 Å². The molecular formula is C25H27N3O3. The van der Waals surface area contributed by atoms with Gasteiger partial charge in [-0.2, -0.15) is 5.10 Å². The summed E-state index contributed by atoms with van der Waals surface area (Å²) >= 11 is 0. The van der Waals surface area contributed by atoms with Gasteiger partial charge < -0.3 is 10.1 Å². The summed E-state index contributed by atoms with van der Waals surface area (Å²) in [6.45, 7) is 6.43. The zero-order valence-corrected chi connectivity index (χ0v) is 18.1. The first-order valence-corrected chi connectivity index (χ1v) is 10.3. The third kappa shape index (κ3) is 5.92. The number of aryl methyl sites for hydroxylation is 2. The number of nitrogens with zero attached hydrogens (tertiary/aromatic N) is 1. The van der Waals surface area contributed by atoms with Crippen molar-refractivity contribution in [3.05, 3.63) is 71.3 Å². The lowest BCUT2D eigenvalue weighted by Crippen LogP contribution is -2.21. The number of anilines is 1. The number of fused-ring (bicyclic) bond motifs is 1. The number of benzene rings is 3. The van der Waals surface area contributed by atoms with Gasteiger partial charge in [-0.25, -0.2) is 5.43 Å². The zero-order chi connectivity index (χ0) is 22.2. The second-order valence-corrected chi connectivity index (χ2v) is 7.29. The van der Waals surface area contributed by atoms with Gasteiger partial charge in [-0.05, 0) is 55.5 Å². The third-order valence-electron chi connectivity index (χ3n) is 4.86. The van der Waals surface area contributed by atoms with E-state index in [1.54, 1.807) is 6.21 Å². The molecule has 0 radical (unpaired) electrons. The maximum Gasteiger partial charge on any atom is 0.240 e. The van der Waals surface area contributed by atoms with Gasteiger partial charge in [-0.3, -0.25) is 9.59 Å². The molecule has 0 atom stereocenters. The lowest BCUT2D eigenvalue weighted by molar-refractivity contribution is -0.124. The van der Waals surface area contributed by atoms with E-state index < -0.39 is 0 Å². The average Bonchev–Trinajstić information content (AvgIpc) is 2.76. The highest BCUT2D eigenvalue weighted by molar-refractivity contribution is 6.02. The van der Waals surface area contributed by atoms with Gasteiger partial charge in [0.2, 0.25) is 11.8 Å². The number of nitrogens with one attached hydrogen (secondary N) is 2. The molecule has 6 nitrogen and oxygen atoms in total. The Hall–Kier alpha value is -3.67. The molecule has 2 N–H and O–H groups in total. The van der Waals surface area contributed by atoms with Gasteiger partial charge in [-0.1, -0.05) is 36.4 Å². The minimum atomic E-state index is -0.317. The van der Waals surface area contributed by atoms with Crippen molar-refractivity contribution in [3.8, 4) is 5.75 Å². The van der Waals surface area contributed by atoms with Crippen LogP contribution < -0.4 is 15.5 Å². The summed E-state index contributed by atoms with van der Waals surface area (Å²) in [5, 5.41) is 8.89. The first kappa shape index (κ1) is 22.0. The van der Waals surface area contributed by atoms with E-state index in [4.69, 9.17) is 4.74 Å². The predicted molar refractivity (Wildman–Crippen MR) is 125 cm³/mol. The molecule has 160 valence electrons. The van der Waals surface area contributed by atoms with Crippen LogP contribution in [-0.4, -0.2) is 24.6 Å². The van der Waals surface area contributed by atoms with Crippen LogP contribution in [0.4, 0.5) is 5.69 Å². The molecule has 0 heterocycles. The topological polar surface area (TPSA) is 79.8 Å². The summed E-state index contributed by atoms with van der Waals surface area (Å²) in [7, 11) is 0. The van der Waals surface area contributed by atoms with Crippen LogP contribution in [0.25, 0.3) is 10.8 Å². The maximum absolute atomic E-state index is 12.2. The molecule has 0 unspecified atom stereocenters. The lowest BCUT2D eigenvalue weighted by Gasteiger charge is -2.09. The minimum Gasteiger partial charge on any atom is -0.493 e. The Bertz CT molecular complexity index is 1120. The SMILES string of the molecule is CCOc1ccc(C=NNC(=O)CCC(=O)Nc2cc(C)ccc2C)c2ccccc12. The Kier molecular flexibility index (Phi) is 7.38. The van der Waals surface area contributed by atoms with Crippen LogP contribution >= 0.6 is 0 Å². The second-order valence-electron chi connectivity index (χ2n) is 7.29. The van der Waals surface area contributed by atoms with Crippen LogP contribution in [0.15, 0.2) is 59.7 Å². The predicted octanol–water partition coefficient (Wildman–Crippen LogP) is 4.72. The number of hydrogen-bond acceptors (Lipinski definition) is 4. The lowest BCUT2D eigenvalue weighted by atomic mass is 10.0. The van der Waals surface area contributed by atoms with E-state index in [9.17, 15) is 9.59 Å².